The van der Waals surface area contributed by atoms with Crippen molar-refractivity contribution in [2.45, 2.75) is 24.5 Å². The molecule has 0 aliphatic carbocycles. The summed E-state index contributed by atoms with van der Waals surface area (Å²) in [6.45, 7) is 0.164. The molecule has 5 nitrogen and oxygen atoms in total. The minimum Gasteiger partial charge on any atom is -0.395 e. The Bertz CT molecular complexity index is 216. The molecule has 0 aromatic rings. The molecule has 0 aromatic carbocycles. The molecule has 0 saturated carbocycles. The smallest absolute Gasteiger partial charge is 0.275 e. The van der Waals surface area contributed by atoms with Crippen molar-refractivity contribution in [3.05, 3.63) is 0 Å². The third-order valence-electron chi connectivity index (χ3n) is 1.83. The van der Waals surface area contributed by atoms with E-state index in [2.05, 4.69) is 0 Å². The normalized spacial score (nSPS) is 13.3. The van der Waals surface area contributed by atoms with Gasteiger partial charge in [0.1, 0.15) is 4.75 Å². The van der Waals surface area contributed by atoms with Crippen molar-refractivity contribution in [1.82, 2.24) is 0 Å². The monoisotopic (exact) mass is 198 g/mol. The van der Waals surface area contributed by atoms with Crippen LogP contribution in [0.2, 0.25) is 0 Å². The number of aliphatic hydroxyl groups is 2. The third-order valence-corrected chi connectivity index (χ3v) is 3.39. The first-order valence-corrected chi connectivity index (χ1v) is 5.06. The largest absolute Gasteiger partial charge is 0.395 e. The molecule has 0 aliphatic rings. The second kappa shape index (κ2) is 4.18. The summed E-state index contributed by atoms with van der Waals surface area (Å²) in [5, 5.41) is 17.5. The summed E-state index contributed by atoms with van der Waals surface area (Å²) in [5.74, 6) is 0. The Labute approximate surface area is 71.8 Å². The second-order valence-corrected chi connectivity index (χ2v) is 4.54. The SMILES string of the molecule is CCCC(CO)(CO)S(=O)(=O)O. The zero-order valence-corrected chi connectivity index (χ0v) is 7.71. The third kappa shape index (κ3) is 2.16. The molecule has 0 radical (unpaired) electrons. The minimum atomic E-state index is -4.39. The standard InChI is InChI=1S/C6H14O5S/c1-2-3-6(4-7,5-8)12(9,10)11/h7-8H,2-5H2,1H3,(H,9,10,11). The van der Waals surface area contributed by atoms with Crippen LogP contribution in [-0.2, 0) is 10.1 Å². The van der Waals surface area contributed by atoms with Gasteiger partial charge in [0.15, 0.2) is 0 Å². The fourth-order valence-electron chi connectivity index (χ4n) is 0.956. The van der Waals surface area contributed by atoms with E-state index in [0.29, 0.717) is 6.42 Å². The van der Waals surface area contributed by atoms with E-state index in [4.69, 9.17) is 14.8 Å². The van der Waals surface area contributed by atoms with Gasteiger partial charge in [0.05, 0.1) is 13.2 Å². The van der Waals surface area contributed by atoms with Crippen molar-refractivity contribution in [3.8, 4) is 0 Å². The van der Waals surface area contributed by atoms with Gasteiger partial charge in [0.2, 0.25) is 0 Å². The van der Waals surface area contributed by atoms with Gasteiger partial charge in [-0.2, -0.15) is 8.42 Å². The molecule has 0 heterocycles. The molecule has 0 bridgehead atoms. The van der Waals surface area contributed by atoms with Gasteiger partial charge >= 0.3 is 0 Å². The lowest BCUT2D eigenvalue weighted by molar-refractivity contribution is 0.152. The quantitative estimate of drug-likeness (QED) is 0.513. The summed E-state index contributed by atoms with van der Waals surface area (Å²) in [6, 6.07) is 0. The van der Waals surface area contributed by atoms with Crippen molar-refractivity contribution in [1.29, 1.82) is 0 Å². The second-order valence-electron chi connectivity index (χ2n) is 2.72. The number of hydrogen-bond acceptors (Lipinski definition) is 4. The predicted octanol–water partition coefficient (Wildman–Crippen LogP) is -0.602. The lowest BCUT2D eigenvalue weighted by Crippen LogP contribution is -2.45. The Morgan fingerprint density at radius 3 is 1.75 bits per heavy atom. The molecule has 0 atom stereocenters. The van der Waals surface area contributed by atoms with Crippen molar-refractivity contribution >= 4 is 10.1 Å². The molecule has 0 spiro atoms. The Morgan fingerprint density at radius 2 is 1.67 bits per heavy atom. The van der Waals surface area contributed by atoms with Crippen molar-refractivity contribution < 1.29 is 23.2 Å². The number of rotatable bonds is 5. The Hall–Kier alpha value is -0.170. The van der Waals surface area contributed by atoms with Gasteiger partial charge in [-0.1, -0.05) is 13.3 Å². The lowest BCUT2D eigenvalue weighted by Gasteiger charge is -2.25. The Morgan fingerprint density at radius 1 is 1.25 bits per heavy atom. The maximum atomic E-state index is 10.7. The van der Waals surface area contributed by atoms with Gasteiger partial charge in [-0.05, 0) is 6.42 Å². The molecule has 0 rings (SSSR count). The maximum Gasteiger partial charge on any atom is 0.275 e. The van der Waals surface area contributed by atoms with Crippen LogP contribution in [0.3, 0.4) is 0 Å². The van der Waals surface area contributed by atoms with Gasteiger partial charge in [0, 0.05) is 0 Å². The van der Waals surface area contributed by atoms with Crippen LogP contribution in [0.25, 0.3) is 0 Å². The Balaban J connectivity index is 4.83. The van der Waals surface area contributed by atoms with E-state index in [-0.39, 0.29) is 6.42 Å². The summed E-state index contributed by atoms with van der Waals surface area (Å²) < 4.78 is 28.4. The van der Waals surface area contributed by atoms with Crippen molar-refractivity contribution in [3.63, 3.8) is 0 Å². The lowest BCUT2D eigenvalue weighted by atomic mass is 10.1. The molecule has 0 amide bonds. The average molecular weight is 198 g/mol. The van der Waals surface area contributed by atoms with Crippen LogP contribution >= 0.6 is 0 Å². The van der Waals surface area contributed by atoms with E-state index in [9.17, 15) is 8.42 Å². The van der Waals surface area contributed by atoms with Crippen LogP contribution < -0.4 is 0 Å². The van der Waals surface area contributed by atoms with Crippen LogP contribution in [0.5, 0.6) is 0 Å². The fraction of sp³-hybridized carbons (Fsp3) is 1.00. The van der Waals surface area contributed by atoms with Crippen LogP contribution in [0.1, 0.15) is 19.8 Å². The molecular formula is C6H14O5S. The van der Waals surface area contributed by atoms with Crippen LogP contribution in [0.4, 0.5) is 0 Å². The van der Waals surface area contributed by atoms with E-state index < -0.39 is 28.1 Å². The minimum absolute atomic E-state index is 0.0405. The molecule has 0 unspecified atom stereocenters. The summed E-state index contributed by atoms with van der Waals surface area (Å²) in [7, 11) is -4.39. The molecule has 0 aliphatic heterocycles. The molecule has 0 aromatic heterocycles. The zero-order valence-electron chi connectivity index (χ0n) is 6.89. The number of hydrogen-bond donors (Lipinski definition) is 3. The highest BCUT2D eigenvalue weighted by molar-refractivity contribution is 7.87. The van der Waals surface area contributed by atoms with E-state index in [0.717, 1.165) is 0 Å². The fourth-order valence-corrected chi connectivity index (χ4v) is 1.74. The summed E-state index contributed by atoms with van der Waals surface area (Å²) in [5.41, 5.74) is 0. The van der Waals surface area contributed by atoms with Crippen LogP contribution in [0.15, 0.2) is 0 Å². The highest BCUT2D eigenvalue weighted by atomic mass is 32.2. The maximum absolute atomic E-state index is 10.7. The summed E-state index contributed by atoms with van der Waals surface area (Å²) >= 11 is 0. The highest BCUT2D eigenvalue weighted by Gasteiger charge is 2.41. The van der Waals surface area contributed by atoms with Crippen LogP contribution in [0, 0.1) is 0 Å². The van der Waals surface area contributed by atoms with E-state index in [1.54, 1.807) is 6.92 Å². The van der Waals surface area contributed by atoms with Gasteiger partial charge in [-0.25, -0.2) is 0 Å². The van der Waals surface area contributed by atoms with Crippen molar-refractivity contribution in [2.24, 2.45) is 0 Å². The van der Waals surface area contributed by atoms with E-state index in [1.165, 1.54) is 0 Å². The van der Waals surface area contributed by atoms with Gasteiger partial charge in [-0.3, -0.25) is 4.55 Å². The molecular weight excluding hydrogens is 184 g/mol. The number of aliphatic hydroxyl groups excluding tert-OH is 2. The molecule has 6 heteroatoms. The Kier molecular flexibility index (Phi) is 4.12. The van der Waals surface area contributed by atoms with Gasteiger partial charge in [0.25, 0.3) is 10.1 Å². The average Bonchev–Trinajstić information content (AvgIpc) is 1.98. The molecule has 12 heavy (non-hydrogen) atoms. The first kappa shape index (κ1) is 11.8. The topological polar surface area (TPSA) is 94.8 Å². The van der Waals surface area contributed by atoms with Crippen LogP contribution in [-0.4, -0.2) is 41.1 Å². The van der Waals surface area contributed by atoms with Crippen molar-refractivity contribution in [2.75, 3.05) is 13.2 Å². The molecule has 74 valence electrons. The van der Waals surface area contributed by atoms with Gasteiger partial charge in [-0.15, -0.1) is 0 Å². The highest BCUT2D eigenvalue weighted by Crippen LogP contribution is 2.21. The summed E-state index contributed by atoms with van der Waals surface area (Å²) in [6.07, 6.45) is 0.500. The molecule has 0 fully saturated rings. The van der Waals surface area contributed by atoms with Gasteiger partial charge < -0.3 is 10.2 Å². The van der Waals surface area contributed by atoms with E-state index in [1.807, 2.05) is 0 Å². The summed E-state index contributed by atoms with van der Waals surface area (Å²) in [4.78, 5) is 0. The van der Waals surface area contributed by atoms with E-state index >= 15 is 0 Å². The zero-order chi connectivity index (χ0) is 9.83. The molecule has 0 saturated heterocycles. The molecule has 3 N–H and O–H groups in total. The predicted molar refractivity (Wildman–Crippen MR) is 43.4 cm³/mol. The first-order chi connectivity index (χ1) is 5.43. The first-order valence-electron chi connectivity index (χ1n) is 3.62.